The first-order chi connectivity index (χ1) is 9.36. The molecule has 0 fully saturated rings. The fourth-order valence-corrected chi connectivity index (χ4v) is 2.40. The molecule has 2 atom stereocenters. The molecule has 0 aliphatic heterocycles. The van der Waals surface area contributed by atoms with E-state index >= 15 is 0 Å². The van der Waals surface area contributed by atoms with Crippen molar-refractivity contribution in [3.8, 4) is 0 Å². The highest BCUT2D eigenvalue weighted by Crippen LogP contribution is 2.35. The van der Waals surface area contributed by atoms with Crippen LogP contribution >= 0.6 is 0 Å². The molecule has 0 aliphatic carbocycles. The maximum absolute atomic E-state index is 11.4. The summed E-state index contributed by atoms with van der Waals surface area (Å²) in [5.74, 6) is 0.0223. The standard InChI is InChI=1S/C18H26O2/c1-5-14(2)11-12-16(13-18(3,4)17(19)20)15-9-7-6-8-10-15/h5-10,14,16H,1,11-13H2,2-4H3,(H,19,20). The molecule has 2 heteroatoms. The van der Waals surface area contributed by atoms with Gasteiger partial charge in [-0.1, -0.05) is 43.3 Å². The first kappa shape index (κ1) is 16.5. The van der Waals surface area contributed by atoms with Crippen molar-refractivity contribution in [3.05, 3.63) is 48.6 Å². The second-order valence-corrected chi connectivity index (χ2v) is 6.29. The lowest BCUT2D eigenvalue weighted by Gasteiger charge is -2.27. The molecule has 110 valence electrons. The number of carboxylic acid groups (broad SMARTS) is 1. The number of allylic oxidation sites excluding steroid dienone is 1. The predicted octanol–water partition coefficient (Wildman–Crippen LogP) is 4.87. The molecule has 2 nitrogen and oxygen atoms in total. The molecule has 2 unspecified atom stereocenters. The Morgan fingerprint density at radius 2 is 1.90 bits per heavy atom. The molecular weight excluding hydrogens is 248 g/mol. The summed E-state index contributed by atoms with van der Waals surface area (Å²) in [4.78, 5) is 11.4. The molecular formula is C18H26O2. The summed E-state index contributed by atoms with van der Waals surface area (Å²) in [6.45, 7) is 9.59. The average molecular weight is 274 g/mol. The van der Waals surface area contributed by atoms with Crippen LogP contribution in [0.3, 0.4) is 0 Å². The quantitative estimate of drug-likeness (QED) is 0.686. The number of benzene rings is 1. The van der Waals surface area contributed by atoms with Gasteiger partial charge in [0.2, 0.25) is 0 Å². The lowest BCUT2D eigenvalue weighted by Crippen LogP contribution is -2.26. The second-order valence-electron chi connectivity index (χ2n) is 6.29. The number of carboxylic acids is 1. The Morgan fingerprint density at radius 3 is 2.40 bits per heavy atom. The summed E-state index contributed by atoms with van der Waals surface area (Å²) in [6.07, 6.45) is 4.66. The van der Waals surface area contributed by atoms with Gasteiger partial charge >= 0.3 is 5.97 Å². The van der Waals surface area contributed by atoms with Gasteiger partial charge in [0.1, 0.15) is 0 Å². The Bertz CT molecular complexity index is 434. The number of aliphatic carboxylic acids is 1. The molecule has 0 radical (unpaired) electrons. The van der Waals surface area contributed by atoms with E-state index < -0.39 is 11.4 Å². The van der Waals surface area contributed by atoms with E-state index in [4.69, 9.17) is 0 Å². The Balaban J connectivity index is 2.85. The summed E-state index contributed by atoms with van der Waals surface area (Å²) in [5.41, 5.74) is 0.538. The molecule has 1 aromatic rings. The zero-order valence-corrected chi connectivity index (χ0v) is 12.8. The maximum atomic E-state index is 11.4. The van der Waals surface area contributed by atoms with E-state index in [2.05, 4.69) is 25.6 Å². The fraction of sp³-hybridized carbons (Fsp3) is 0.500. The van der Waals surface area contributed by atoms with Gasteiger partial charge in [-0.15, -0.1) is 6.58 Å². The molecule has 20 heavy (non-hydrogen) atoms. The van der Waals surface area contributed by atoms with Crippen molar-refractivity contribution >= 4 is 5.97 Å². The lowest BCUT2D eigenvalue weighted by molar-refractivity contribution is -0.147. The van der Waals surface area contributed by atoms with Crippen LogP contribution < -0.4 is 0 Å². The molecule has 0 saturated heterocycles. The largest absolute Gasteiger partial charge is 0.481 e. The van der Waals surface area contributed by atoms with Crippen molar-refractivity contribution in [3.63, 3.8) is 0 Å². The minimum atomic E-state index is -0.727. The summed E-state index contributed by atoms with van der Waals surface area (Å²) in [5, 5.41) is 9.34. The first-order valence-corrected chi connectivity index (χ1v) is 7.27. The van der Waals surface area contributed by atoms with Gasteiger partial charge < -0.3 is 5.11 Å². The van der Waals surface area contributed by atoms with Gasteiger partial charge in [0, 0.05) is 0 Å². The van der Waals surface area contributed by atoms with Gasteiger partial charge in [-0.25, -0.2) is 0 Å². The SMILES string of the molecule is C=CC(C)CCC(CC(C)(C)C(=O)O)c1ccccc1. The van der Waals surface area contributed by atoms with Gasteiger partial charge in [0.05, 0.1) is 5.41 Å². The van der Waals surface area contributed by atoms with Gasteiger partial charge in [0.25, 0.3) is 0 Å². The first-order valence-electron chi connectivity index (χ1n) is 7.27. The molecule has 0 heterocycles. The zero-order chi connectivity index (χ0) is 15.2. The smallest absolute Gasteiger partial charge is 0.309 e. The minimum absolute atomic E-state index is 0.282. The molecule has 0 saturated carbocycles. The number of carbonyl (C=O) groups is 1. The Morgan fingerprint density at radius 1 is 1.30 bits per heavy atom. The third kappa shape index (κ3) is 4.84. The maximum Gasteiger partial charge on any atom is 0.309 e. The van der Waals surface area contributed by atoms with Crippen molar-refractivity contribution in [2.45, 2.75) is 46.0 Å². The third-order valence-corrected chi connectivity index (χ3v) is 3.98. The number of hydrogen-bond donors (Lipinski definition) is 1. The average Bonchev–Trinajstić information content (AvgIpc) is 2.43. The van der Waals surface area contributed by atoms with Crippen LogP contribution in [0.15, 0.2) is 43.0 Å². The van der Waals surface area contributed by atoms with E-state index in [1.54, 1.807) is 0 Å². The van der Waals surface area contributed by atoms with E-state index in [1.807, 2.05) is 38.1 Å². The Kier molecular flexibility index (Phi) is 6.00. The van der Waals surface area contributed by atoms with Crippen LogP contribution in [0.5, 0.6) is 0 Å². The second kappa shape index (κ2) is 7.28. The summed E-state index contributed by atoms with van der Waals surface area (Å²) in [7, 11) is 0. The molecule has 0 spiro atoms. The molecule has 1 rings (SSSR count). The molecule has 0 aromatic heterocycles. The molecule has 0 aliphatic rings. The highest BCUT2D eigenvalue weighted by atomic mass is 16.4. The van der Waals surface area contributed by atoms with Crippen LogP contribution in [0.2, 0.25) is 0 Å². The van der Waals surface area contributed by atoms with Crippen LogP contribution in [0, 0.1) is 11.3 Å². The Labute approximate surface area is 122 Å². The summed E-state index contributed by atoms with van der Waals surface area (Å²) in [6, 6.07) is 10.2. The van der Waals surface area contributed by atoms with Gasteiger partial charge in [-0.05, 0) is 50.5 Å². The van der Waals surface area contributed by atoms with Crippen molar-refractivity contribution in [2.75, 3.05) is 0 Å². The highest BCUT2D eigenvalue weighted by molar-refractivity contribution is 5.73. The van der Waals surface area contributed by atoms with Crippen LogP contribution in [-0.2, 0) is 4.79 Å². The van der Waals surface area contributed by atoms with E-state index in [0.717, 1.165) is 12.8 Å². The van der Waals surface area contributed by atoms with E-state index in [-0.39, 0.29) is 5.92 Å². The van der Waals surface area contributed by atoms with E-state index in [0.29, 0.717) is 12.3 Å². The van der Waals surface area contributed by atoms with Crippen LogP contribution in [0.1, 0.15) is 51.5 Å². The monoisotopic (exact) mass is 274 g/mol. The van der Waals surface area contributed by atoms with E-state index in [1.165, 1.54) is 5.56 Å². The summed E-state index contributed by atoms with van der Waals surface area (Å²) >= 11 is 0. The zero-order valence-electron chi connectivity index (χ0n) is 12.8. The van der Waals surface area contributed by atoms with Gasteiger partial charge in [-0.3, -0.25) is 4.79 Å². The van der Waals surface area contributed by atoms with Crippen molar-refractivity contribution < 1.29 is 9.90 Å². The number of hydrogen-bond acceptors (Lipinski definition) is 1. The summed E-state index contributed by atoms with van der Waals surface area (Å²) < 4.78 is 0. The van der Waals surface area contributed by atoms with Crippen molar-refractivity contribution in [1.29, 1.82) is 0 Å². The Hall–Kier alpha value is -1.57. The normalized spacial score (nSPS) is 14.6. The lowest BCUT2D eigenvalue weighted by atomic mass is 9.77. The van der Waals surface area contributed by atoms with Crippen molar-refractivity contribution in [2.24, 2.45) is 11.3 Å². The molecule has 1 aromatic carbocycles. The van der Waals surface area contributed by atoms with Crippen LogP contribution in [0.4, 0.5) is 0 Å². The van der Waals surface area contributed by atoms with Crippen LogP contribution in [-0.4, -0.2) is 11.1 Å². The van der Waals surface area contributed by atoms with Gasteiger partial charge in [0.15, 0.2) is 0 Å². The molecule has 1 N–H and O–H groups in total. The fourth-order valence-electron chi connectivity index (χ4n) is 2.40. The minimum Gasteiger partial charge on any atom is -0.481 e. The third-order valence-electron chi connectivity index (χ3n) is 3.98. The molecule has 0 amide bonds. The van der Waals surface area contributed by atoms with Crippen molar-refractivity contribution in [1.82, 2.24) is 0 Å². The number of rotatable bonds is 8. The molecule has 0 bridgehead atoms. The predicted molar refractivity (Wildman–Crippen MR) is 83.8 cm³/mol. The topological polar surface area (TPSA) is 37.3 Å². The van der Waals surface area contributed by atoms with Gasteiger partial charge in [-0.2, -0.15) is 0 Å². The van der Waals surface area contributed by atoms with E-state index in [9.17, 15) is 9.90 Å². The van der Waals surface area contributed by atoms with Crippen LogP contribution in [0.25, 0.3) is 0 Å². The highest BCUT2D eigenvalue weighted by Gasteiger charge is 2.31.